The molecule has 70 valence electrons. The molecule has 0 saturated carbocycles. The first kappa shape index (κ1) is 8.69. The van der Waals surface area contributed by atoms with Crippen LogP contribution >= 0.6 is 0 Å². The van der Waals surface area contributed by atoms with Crippen molar-refractivity contribution in [3.63, 3.8) is 0 Å². The maximum absolute atomic E-state index is 5.72. The Hall–Kier alpha value is -1.90. The van der Waals surface area contributed by atoms with Crippen LogP contribution in [0, 0.1) is 6.92 Å². The van der Waals surface area contributed by atoms with Gasteiger partial charge in [0.05, 0.1) is 5.69 Å². The van der Waals surface area contributed by atoms with Gasteiger partial charge < -0.3 is 5.73 Å². The third kappa shape index (κ3) is 1.57. The molecular formula is C11H11N3. The lowest BCUT2D eigenvalue weighted by atomic mass is 10.0. The molecule has 0 atom stereocenters. The van der Waals surface area contributed by atoms with Gasteiger partial charge in [0.1, 0.15) is 0 Å². The monoisotopic (exact) mass is 185 g/mol. The van der Waals surface area contributed by atoms with E-state index < -0.39 is 0 Å². The van der Waals surface area contributed by atoms with Crippen molar-refractivity contribution in [2.45, 2.75) is 6.92 Å². The van der Waals surface area contributed by atoms with Gasteiger partial charge in [0.25, 0.3) is 0 Å². The van der Waals surface area contributed by atoms with Crippen molar-refractivity contribution in [1.82, 2.24) is 10.2 Å². The van der Waals surface area contributed by atoms with E-state index in [4.69, 9.17) is 5.73 Å². The molecule has 0 aliphatic carbocycles. The fourth-order valence-corrected chi connectivity index (χ4v) is 1.36. The van der Waals surface area contributed by atoms with Crippen molar-refractivity contribution < 1.29 is 0 Å². The summed E-state index contributed by atoms with van der Waals surface area (Å²) in [7, 11) is 0. The van der Waals surface area contributed by atoms with Crippen molar-refractivity contribution >= 4 is 5.69 Å². The first-order valence-electron chi connectivity index (χ1n) is 4.41. The Morgan fingerprint density at radius 1 is 1.21 bits per heavy atom. The molecule has 0 saturated heterocycles. The Bertz CT molecular complexity index is 438. The highest BCUT2D eigenvalue weighted by molar-refractivity contribution is 5.67. The zero-order valence-corrected chi connectivity index (χ0v) is 7.94. The van der Waals surface area contributed by atoms with E-state index in [1.165, 1.54) is 0 Å². The summed E-state index contributed by atoms with van der Waals surface area (Å²) < 4.78 is 0. The largest absolute Gasteiger partial charge is 0.399 e. The summed E-state index contributed by atoms with van der Waals surface area (Å²) >= 11 is 0. The number of rotatable bonds is 1. The molecule has 14 heavy (non-hydrogen) atoms. The summed E-state index contributed by atoms with van der Waals surface area (Å²) in [5.74, 6) is 0. The van der Waals surface area contributed by atoms with Crippen molar-refractivity contribution in [2.24, 2.45) is 0 Å². The predicted octanol–water partition coefficient (Wildman–Crippen LogP) is 2.03. The molecule has 0 unspecified atom stereocenters. The molecule has 1 aromatic heterocycles. The van der Waals surface area contributed by atoms with E-state index in [-0.39, 0.29) is 0 Å². The topological polar surface area (TPSA) is 51.8 Å². The smallest absolute Gasteiger partial charge is 0.0933 e. The van der Waals surface area contributed by atoms with Crippen LogP contribution in [-0.4, -0.2) is 10.2 Å². The molecule has 2 aromatic rings. The highest BCUT2D eigenvalue weighted by Crippen LogP contribution is 2.22. The first-order chi connectivity index (χ1) is 6.77. The minimum Gasteiger partial charge on any atom is -0.399 e. The Labute approximate surface area is 82.6 Å². The Balaban J connectivity index is 2.57. The molecule has 3 nitrogen and oxygen atoms in total. The SMILES string of the molecule is Cc1ccc(N)cc1-c1cccnn1. The lowest BCUT2D eigenvalue weighted by Crippen LogP contribution is -1.91. The van der Waals surface area contributed by atoms with Crippen LogP contribution in [0.3, 0.4) is 0 Å². The van der Waals surface area contributed by atoms with E-state index in [1.54, 1.807) is 6.20 Å². The van der Waals surface area contributed by atoms with Crippen LogP contribution in [0.15, 0.2) is 36.5 Å². The van der Waals surface area contributed by atoms with E-state index in [9.17, 15) is 0 Å². The zero-order chi connectivity index (χ0) is 9.97. The fraction of sp³-hybridized carbons (Fsp3) is 0.0909. The van der Waals surface area contributed by atoms with Crippen LogP contribution in [0.2, 0.25) is 0 Å². The summed E-state index contributed by atoms with van der Waals surface area (Å²) in [5.41, 5.74) is 9.51. The molecule has 2 N–H and O–H groups in total. The van der Waals surface area contributed by atoms with E-state index in [0.29, 0.717) is 0 Å². The number of benzene rings is 1. The number of anilines is 1. The third-order valence-corrected chi connectivity index (χ3v) is 2.11. The fourth-order valence-electron chi connectivity index (χ4n) is 1.36. The molecule has 0 spiro atoms. The second-order valence-corrected chi connectivity index (χ2v) is 3.18. The molecule has 1 aromatic carbocycles. The molecule has 0 bridgehead atoms. The average Bonchev–Trinajstić information content (AvgIpc) is 2.23. The minimum absolute atomic E-state index is 0.747. The maximum Gasteiger partial charge on any atom is 0.0933 e. The summed E-state index contributed by atoms with van der Waals surface area (Å²) in [6.45, 7) is 2.03. The Morgan fingerprint density at radius 2 is 2.07 bits per heavy atom. The Kier molecular flexibility index (Phi) is 2.14. The van der Waals surface area contributed by atoms with E-state index in [0.717, 1.165) is 22.5 Å². The molecule has 0 aliphatic heterocycles. The number of nitrogens with zero attached hydrogens (tertiary/aromatic N) is 2. The Morgan fingerprint density at radius 3 is 2.79 bits per heavy atom. The quantitative estimate of drug-likeness (QED) is 0.691. The van der Waals surface area contributed by atoms with Gasteiger partial charge in [-0.25, -0.2) is 0 Å². The van der Waals surface area contributed by atoms with E-state index in [1.807, 2.05) is 37.3 Å². The van der Waals surface area contributed by atoms with Gasteiger partial charge >= 0.3 is 0 Å². The standard InChI is InChI=1S/C11H11N3/c1-8-4-5-9(12)7-10(8)11-3-2-6-13-14-11/h2-7H,12H2,1H3. The van der Waals surface area contributed by atoms with Crippen LogP contribution < -0.4 is 5.73 Å². The van der Waals surface area contributed by atoms with Gasteiger partial charge in [-0.1, -0.05) is 6.07 Å². The summed E-state index contributed by atoms with van der Waals surface area (Å²) in [6.07, 6.45) is 1.66. The number of nitrogens with two attached hydrogens (primary N) is 1. The van der Waals surface area contributed by atoms with Gasteiger partial charge in [0.15, 0.2) is 0 Å². The molecule has 0 fully saturated rings. The average molecular weight is 185 g/mol. The number of aryl methyl sites for hydroxylation is 1. The second kappa shape index (κ2) is 3.46. The van der Waals surface area contributed by atoms with Gasteiger partial charge in [0, 0.05) is 17.4 Å². The lowest BCUT2D eigenvalue weighted by Gasteiger charge is -2.04. The zero-order valence-electron chi connectivity index (χ0n) is 7.94. The third-order valence-electron chi connectivity index (χ3n) is 2.11. The van der Waals surface area contributed by atoms with Crippen LogP contribution in [0.5, 0.6) is 0 Å². The van der Waals surface area contributed by atoms with Gasteiger partial charge in [-0.2, -0.15) is 10.2 Å². The molecule has 3 heteroatoms. The van der Waals surface area contributed by atoms with Crippen molar-refractivity contribution in [1.29, 1.82) is 0 Å². The van der Waals surface area contributed by atoms with Crippen LogP contribution in [-0.2, 0) is 0 Å². The lowest BCUT2D eigenvalue weighted by molar-refractivity contribution is 1.04. The highest BCUT2D eigenvalue weighted by Gasteiger charge is 2.02. The molecule has 2 rings (SSSR count). The van der Waals surface area contributed by atoms with Gasteiger partial charge in [-0.3, -0.25) is 0 Å². The summed E-state index contributed by atoms with van der Waals surface area (Å²) in [4.78, 5) is 0. The summed E-state index contributed by atoms with van der Waals surface area (Å²) in [6, 6.07) is 9.58. The van der Waals surface area contributed by atoms with Crippen LogP contribution in [0.1, 0.15) is 5.56 Å². The summed E-state index contributed by atoms with van der Waals surface area (Å²) in [5, 5.41) is 7.89. The molecule has 0 radical (unpaired) electrons. The van der Waals surface area contributed by atoms with E-state index in [2.05, 4.69) is 10.2 Å². The van der Waals surface area contributed by atoms with Crippen molar-refractivity contribution in [3.8, 4) is 11.3 Å². The number of nitrogen functional groups attached to an aromatic ring is 1. The van der Waals surface area contributed by atoms with E-state index >= 15 is 0 Å². The van der Waals surface area contributed by atoms with Crippen molar-refractivity contribution in [2.75, 3.05) is 5.73 Å². The first-order valence-corrected chi connectivity index (χ1v) is 4.41. The molecule has 0 aliphatic rings. The maximum atomic E-state index is 5.72. The van der Waals surface area contributed by atoms with Gasteiger partial charge in [0.2, 0.25) is 0 Å². The normalized spacial score (nSPS) is 10.1. The number of aromatic nitrogens is 2. The van der Waals surface area contributed by atoms with Crippen LogP contribution in [0.25, 0.3) is 11.3 Å². The molecule has 0 amide bonds. The van der Waals surface area contributed by atoms with Crippen molar-refractivity contribution in [3.05, 3.63) is 42.1 Å². The number of hydrogen-bond acceptors (Lipinski definition) is 3. The molecule has 1 heterocycles. The minimum atomic E-state index is 0.747. The van der Waals surface area contributed by atoms with Gasteiger partial charge in [-0.05, 0) is 36.8 Å². The highest BCUT2D eigenvalue weighted by atomic mass is 15.1. The van der Waals surface area contributed by atoms with Crippen LogP contribution in [0.4, 0.5) is 5.69 Å². The molecular weight excluding hydrogens is 174 g/mol. The predicted molar refractivity (Wildman–Crippen MR) is 56.6 cm³/mol. The number of hydrogen-bond donors (Lipinski definition) is 1. The second-order valence-electron chi connectivity index (χ2n) is 3.18. The van der Waals surface area contributed by atoms with Gasteiger partial charge in [-0.15, -0.1) is 0 Å².